The number of rotatable bonds is 7. The maximum absolute atomic E-state index is 6.02. The van der Waals surface area contributed by atoms with Crippen molar-refractivity contribution in [3.05, 3.63) is 65.2 Å². The molecule has 21 heavy (non-hydrogen) atoms. The molecule has 0 aliphatic rings. The topological polar surface area (TPSA) is 21.3 Å². The van der Waals surface area contributed by atoms with Gasteiger partial charge in [-0.2, -0.15) is 0 Å². The zero-order chi connectivity index (χ0) is 15.1. The third-order valence-electron chi connectivity index (χ3n) is 3.62. The van der Waals surface area contributed by atoms with Crippen molar-refractivity contribution in [2.75, 3.05) is 13.2 Å². The number of aryl methyl sites for hydroxylation is 2. The van der Waals surface area contributed by atoms with Crippen molar-refractivity contribution in [2.24, 2.45) is 0 Å². The quantitative estimate of drug-likeness (QED) is 0.812. The van der Waals surface area contributed by atoms with E-state index < -0.39 is 0 Å². The molecule has 0 aromatic heterocycles. The molecular weight excluding hydrogens is 258 g/mol. The summed E-state index contributed by atoms with van der Waals surface area (Å²) in [5.74, 6) is 0.966. The molecule has 0 saturated carbocycles. The van der Waals surface area contributed by atoms with Gasteiger partial charge in [-0.25, -0.2) is 0 Å². The molecule has 0 saturated heterocycles. The van der Waals surface area contributed by atoms with Gasteiger partial charge in [0.05, 0.1) is 6.04 Å². The minimum atomic E-state index is 0.227. The van der Waals surface area contributed by atoms with Crippen LogP contribution >= 0.6 is 0 Å². The number of hydrogen-bond donors (Lipinski definition) is 1. The van der Waals surface area contributed by atoms with Gasteiger partial charge in [-0.15, -0.1) is 0 Å². The fraction of sp³-hybridized carbons (Fsp3) is 0.368. The third-order valence-corrected chi connectivity index (χ3v) is 3.62. The Bertz CT molecular complexity index is 548. The highest BCUT2D eigenvalue weighted by Gasteiger charge is 2.12. The Morgan fingerprint density at radius 2 is 1.71 bits per heavy atom. The minimum Gasteiger partial charge on any atom is -0.491 e. The molecule has 1 unspecified atom stereocenters. The molecule has 0 radical (unpaired) electrons. The van der Waals surface area contributed by atoms with Crippen molar-refractivity contribution in [3.8, 4) is 5.75 Å². The molecule has 2 aromatic carbocycles. The van der Waals surface area contributed by atoms with Crippen LogP contribution < -0.4 is 10.1 Å². The highest BCUT2D eigenvalue weighted by Crippen LogP contribution is 2.20. The lowest BCUT2D eigenvalue weighted by molar-refractivity contribution is 0.265. The molecule has 0 bridgehead atoms. The summed E-state index contributed by atoms with van der Waals surface area (Å²) < 4.78 is 6.02. The summed E-state index contributed by atoms with van der Waals surface area (Å²) in [7, 11) is 0. The standard InChI is InChI=1S/C19H25NO/c1-4-13-20-18(17-11-9-15(2)10-12-17)14-21-19-8-6-5-7-16(19)3/h5-12,18,20H,4,13-14H2,1-3H3. The molecule has 2 heteroatoms. The predicted octanol–water partition coefficient (Wildman–Crippen LogP) is 4.42. The largest absolute Gasteiger partial charge is 0.491 e. The molecular formula is C19H25NO. The second-order valence-electron chi connectivity index (χ2n) is 5.49. The summed E-state index contributed by atoms with van der Waals surface area (Å²) in [5, 5.41) is 3.57. The summed E-state index contributed by atoms with van der Waals surface area (Å²) in [6.07, 6.45) is 1.12. The zero-order valence-corrected chi connectivity index (χ0v) is 13.2. The molecule has 1 N–H and O–H groups in total. The monoisotopic (exact) mass is 283 g/mol. The first-order valence-electron chi connectivity index (χ1n) is 7.69. The van der Waals surface area contributed by atoms with Gasteiger partial charge in [0.2, 0.25) is 0 Å². The second-order valence-corrected chi connectivity index (χ2v) is 5.49. The summed E-state index contributed by atoms with van der Waals surface area (Å²) in [6.45, 7) is 8.02. The van der Waals surface area contributed by atoms with Gasteiger partial charge in [-0.1, -0.05) is 55.0 Å². The van der Waals surface area contributed by atoms with Crippen LogP contribution in [0.15, 0.2) is 48.5 Å². The number of nitrogens with one attached hydrogen (secondary N) is 1. The third kappa shape index (κ3) is 4.61. The lowest BCUT2D eigenvalue weighted by Gasteiger charge is -2.20. The van der Waals surface area contributed by atoms with E-state index in [1.165, 1.54) is 16.7 Å². The van der Waals surface area contributed by atoms with Crippen LogP contribution in [0.2, 0.25) is 0 Å². The summed E-state index contributed by atoms with van der Waals surface area (Å²) in [5.41, 5.74) is 3.74. The van der Waals surface area contributed by atoms with Gasteiger partial charge in [0.1, 0.15) is 12.4 Å². The number of ether oxygens (including phenoxy) is 1. The van der Waals surface area contributed by atoms with Crippen molar-refractivity contribution in [1.82, 2.24) is 5.32 Å². The molecule has 0 aliphatic heterocycles. The molecule has 0 spiro atoms. The minimum absolute atomic E-state index is 0.227. The van der Waals surface area contributed by atoms with E-state index in [4.69, 9.17) is 4.74 Å². The van der Waals surface area contributed by atoms with Crippen molar-refractivity contribution < 1.29 is 4.74 Å². The highest BCUT2D eigenvalue weighted by atomic mass is 16.5. The van der Waals surface area contributed by atoms with Crippen LogP contribution in [0, 0.1) is 13.8 Å². The van der Waals surface area contributed by atoms with Crippen LogP contribution in [-0.2, 0) is 0 Å². The van der Waals surface area contributed by atoms with Crippen LogP contribution in [0.3, 0.4) is 0 Å². The molecule has 112 valence electrons. The second kappa shape index (κ2) is 7.84. The smallest absolute Gasteiger partial charge is 0.122 e. The van der Waals surface area contributed by atoms with Crippen molar-refractivity contribution in [1.29, 1.82) is 0 Å². The lowest BCUT2D eigenvalue weighted by Crippen LogP contribution is -2.27. The van der Waals surface area contributed by atoms with Gasteiger partial charge in [-0.3, -0.25) is 0 Å². The first kappa shape index (κ1) is 15.6. The molecule has 0 aliphatic carbocycles. The summed E-state index contributed by atoms with van der Waals surface area (Å²) >= 11 is 0. The van der Waals surface area contributed by atoms with E-state index in [0.29, 0.717) is 6.61 Å². The Morgan fingerprint density at radius 1 is 1.00 bits per heavy atom. The van der Waals surface area contributed by atoms with Crippen LogP contribution in [-0.4, -0.2) is 13.2 Å². The fourth-order valence-corrected chi connectivity index (χ4v) is 2.28. The summed E-state index contributed by atoms with van der Waals surface area (Å²) in [6, 6.07) is 17.1. The predicted molar refractivity (Wildman–Crippen MR) is 88.9 cm³/mol. The zero-order valence-electron chi connectivity index (χ0n) is 13.2. The van der Waals surface area contributed by atoms with Gasteiger partial charge >= 0.3 is 0 Å². The molecule has 2 rings (SSSR count). The van der Waals surface area contributed by atoms with Crippen molar-refractivity contribution in [2.45, 2.75) is 33.2 Å². The Balaban J connectivity index is 2.06. The molecule has 2 nitrogen and oxygen atoms in total. The molecule has 0 amide bonds. The van der Waals surface area contributed by atoms with E-state index in [1.54, 1.807) is 0 Å². The molecule has 2 aromatic rings. The van der Waals surface area contributed by atoms with E-state index in [-0.39, 0.29) is 6.04 Å². The van der Waals surface area contributed by atoms with Crippen LogP contribution in [0.1, 0.15) is 36.1 Å². The Labute approximate surface area is 128 Å². The van der Waals surface area contributed by atoms with E-state index in [1.807, 2.05) is 18.2 Å². The first-order chi connectivity index (χ1) is 10.2. The lowest BCUT2D eigenvalue weighted by atomic mass is 10.1. The molecule has 0 heterocycles. The first-order valence-corrected chi connectivity index (χ1v) is 7.69. The van der Waals surface area contributed by atoms with Gasteiger partial charge in [0.15, 0.2) is 0 Å². The fourth-order valence-electron chi connectivity index (χ4n) is 2.28. The van der Waals surface area contributed by atoms with E-state index >= 15 is 0 Å². The van der Waals surface area contributed by atoms with Gasteiger partial charge in [0, 0.05) is 0 Å². The summed E-state index contributed by atoms with van der Waals surface area (Å²) in [4.78, 5) is 0. The Hall–Kier alpha value is -1.80. The van der Waals surface area contributed by atoms with Crippen LogP contribution in [0.4, 0.5) is 0 Å². The van der Waals surface area contributed by atoms with Gasteiger partial charge in [-0.05, 0) is 44.0 Å². The SMILES string of the molecule is CCCNC(COc1ccccc1C)c1ccc(C)cc1. The average molecular weight is 283 g/mol. The maximum atomic E-state index is 6.02. The van der Waals surface area contributed by atoms with Gasteiger partial charge in [0.25, 0.3) is 0 Å². The Morgan fingerprint density at radius 3 is 2.38 bits per heavy atom. The maximum Gasteiger partial charge on any atom is 0.122 e. The Kier molecular flexibility index (Phi) is 5.82. The van der Waals surface area contributed by atoms with Crippen molar-refractivity contribution in [3.63, 3.8) is 0 Å². The van der Waals surface area contributed by atoms with E-state index in [2.05, 4.69) is 56.4 Å². The molecule has 1 atom stereocenters. The highest BCUT2D eigenvalue weighted by molar-refractivity contribution is 5.32. The van der Waals surface area contributed by atoms with Gasteiger partial charge < -0.3 is 10.1 Å². The van der Waals surface area contributed by atoms with Crippen molar-refractivity contribution >= 4 is 0 Å². The number of para-hydroxylation sites is 1. The average Bonchev–Trinajstić information content (AvgIpc) is 2.50. The number of benzene rings is 2. The normalized spacial score (nSPS) is 12.1. The van der Waals surface area contributed by atoms with E-state index in [0.717, 1.165) is 18.7 Å². The van der Waals surface area contributed by atoms with Crippen LogP contribution in [0.5, 0.6) is 5.75 Å². The number of hydrogen-bond acceptors (Lipinski definition) is 2. The molecule has 0 fully saturated rings. The van der Waals surface area contributed by atoms with E-state index in [9.17, 15) is 0 Å². The van der Waals surface area contributed by atoms with Crippen LogP contribution in [0.25, 0.3) is 0 Å².